The van der Waals surface area contributed by atoms with E-state index in [4.69, 9.17) is 4.74 Å². The van der Waals surface area contributed by atoms with Gasteiger partial charge in [-0.1, -0.05) is 13.0 Å². The van der Waals surface area contributed by atoms with Crippen molar-refractivity contribution in [3.05, 3.63) is 35.4 Å². The lowest BCUT2D eigenvalue weighted by atomic mass is 9.97. The Morgan fingerprint density at radius 2 is 2.18 bits per heavy atom. The van der Waals surface area contributed by atoms with Crippen molar-refractivity contribution in [2.75, 3.05) is 13.2 Å². The number of rotatable bonds is 3. The summed E-state index contributed by atoms with van der Waals surface area (Å²) < 4.78 is 31.6. The molecule has 0 aromatic heterocycles. The predicted octanol–water partition coefficient (Wildman–Crippen LogP) is 2.79. The summed E-state index contributed by atoms with van der Waals surface area (Å²) in [5.74, 6) is -1.62. The highest BCUT2D eigenvalue weighted by Crippen LogP contribution is 2.28. The molecule has 0 aliphatic carbocycles. The van der Waals surface area contributed by atoms with E-state index in [0.717, 1.165) is 25.5 Å². The van der Waals surface area contributed by atoms with Crippen LogP contribution in [0.4, 0.5) is 8.78 Å². The molecule has 0 radical (unpaired) electrons. The number of benzene rings is 1. The average molecular weight is 241 g/mol. The van der Waals surface area contributed by atoms with Gasteiger partial charge in [-0.25, -0.2) is 8.78 Å². The van der Waals surface area contributed by atoms with Crippen LogP contribution in [0.2, 0.25) is 0 Å². The van der Waals surface area contributed by atoms with Gasteiger partial charge in [0.25, 0.3) is 0 Å². The molecule has 1 heterocycles. The van der Waals surface area contributed by atoms with Gasteiger partial charge >= 0.3 is 0 Å². The Morgan fingerprint density at radius 1 is 1.35 bits per heavy atom. The van der Waals surface area contributed by atoms with Crippen LogP contribution in [0.3, 0.4) is 0 Å². The van der Waals surface area contributed by atoms with Crippen LogP contribution in [0.15, 0.2) is 18.2 Å². The lowest BCUT2D eigenvalue weighted by molar-refractivity contribution is 0.000383. The Hall–Kier alpha value is -1.00. The first-order valence-corrected chi connectivity index (χ1v) is 6.00. The molecule has 2 nitrogen and oxygen atoms in total. The monoisotopic (exact) mass is 241 g/mol. The Labute approximate surface area is 100.0 Å². The molecule has 1 aromatic rings. The van der Waals surface area contributed by atoms with Crippen molar-refractivity contribution in [1.82, 2.24) is 5.32 Å². The van der Waals surface area contributed by atoms with Gasteiger partial charge in [0.2, 0.25) is 0 Å². The molecule has 0 saturated carbocycles. The first-order chi connectivity index (χ1) is 8.20. The van der Waals surface area contributed by atoms with E-state index >= 15 is 0 Å². The van der Waals surface area contributed by atoms with E-state index in [9.17, 15) is 8.78 Å². The Kier molecular flexibility index (Phi) is 4.07. The van der Waals surface area contributed by atoms with Crippen LogP contribution in [0, 0.1) is 11.6 Å². The predicted molar refractivity (Wildman–Crippen MR) is 61.7 cm³/mol. The summed E-state index contributed by atoms with van der Waals surface area (Å²) in [5.41, 5.74) is 0.714. The van der Waals surface area contributed by atoms with E-state index in [1.807, 2.05) is 0 Å². The zero-order chi connectivity index (χ0) is 12.3. The van der Waals surface area contributed by atoms with Crippen LogP contribution in [-0.2, 0) is 4.74 Å². The van der Waals surface area contributed by atoms with E-state index in [0.29, 0.717) is 18.2 Å². The molecule has 0 bridgehead atoms. The molecule has 2 rings (SSSR count). The molecule has 2 atom stereocenters. The minimum atomic E-state index is -0.812. The average Bonchev–Trinajstić information content (AvgIpc) is 2.33. The maximum Gasteiger partial charge on any atom is 0.159 e. The third-order valence-corrected chi connectivity index (χ3v) is 3.09. The second-order valence-electron chi connectivity index (χ2n) is 4.31. The van der Waals surface area contributed by atoms with E-state index in [2.05, 4.69) is 12.2 Å². The van der Waals surface area contributed by atoms with Gasteiger partial charge in [0, 0.05) is 12.6 Å². The second kappa shape index (κ2) is 5.56. The minimum absolute atomic E-state index is 0.136. The normalized spacial score (nSPS) is 24.9. The van der Waals surface area contributed by atoms with Gasteiger partial charge in [-0.3, -0.25) is 0 Å². The molecule has 2 unspecified atom stereocenters. The fourth-order valence-electron chi connectivity index (χ4n) is 2.22. The van der Waals surface area contributed by atoms with Gasteiger partial charge in [-0.2, -0.15) is 0 Å². The summed E-state index contributed by atoms with van der Waals surface area (Å²) in [6.45, 7) is 3.62. The highest BCUT2D eigenvalue weighted by atomic mass is 19.2. The zero-order valence-electron chi connectivity index (χ0n) is 9.88. The first-order valence-electron chi connectivity index (χ1n) is 6.00. The van der Waals surface area contributed by atoms with Gasteiger partial charge in [0.1, 0.15) is 0 Å². The maximum atomic E-state index is 13.1. The maximum absolute atomic E-state index is 13.1. The van der Waals surface area contributed by atoms with Gasteiger partial charge < -0.3 is 10.1 Å². The molecule has 1 aliphatic heterocycles. The van der Waals surface area contributed by atoms with E-state index in [1.54, 1.807) is 6.07 Å². The van der Waals surface area contributed by atoms with Gasteiger partial charge in [-0.15, -0.1) is 0 Å². The lowest BCUT2D eigenvalue weighted by Gasteiger charge is -2.30. The SMILES string of the molecule is CCNC1CCOC(c2ccc(F)c(F)c2)C1. The molecular weight excluding hydrogens is 224 g/mol. The van der Waals surface area contributed by atoms with E-state index in [-0.39, 0.29) is 6.10 Å². The highest BCUT2D eigenvalue weighted by molar-refractivity contribution is 5.20. The highest BCUT2D eigenvalue weighted by Gasteiger charge is 2.23. The molecule has 1 aliphatic rings. The molecule has 17 heavy (non-hydrogen) atoms. The van der Waals surface area contributed by atoms with Crippen molar-refractivity contribution in [3.8, 4) is 0 Å². The van der Waals surface area contributed by atoms with Crippen molar-refractivity contribution in [2.24, 2.45) is 0 Å². The summed E-state index contributed by atoms with van der Waals surface area (Å²) in [7, 11) is 0. The second-order valence-corrected chi connectivity index (χ2v) is 4.31. The van der Waals surface area contributed by atoms with Crippen LogP contribution < -0.4 is 5.32 Å². The van der Waals surface area contributed by atoms with Gasteiger partial charge in [0.15, 0.2) is 11.6 Å². The summed E-state index contributed by atoms with van der Waals surface area (Å²) in [4.78, 5) is 0. The summed E-state index contributed by atoms with van der Waals surface area (Å²) in [6.07, 6.45) is 1.63. The van der Waals surface area contributed by atoms with Crippen molar-refractivity contribution < 1.29 is 13.5 Å². The Morgan fingerprint density at radius 3 is 2.88 bits per heavy atom. The molecule has 0 amide bonds. The van der Waals surface area contributed by atoms with Crippen molar-refractivity contribution in [2.45, 2.75) is 31.9 Å². The number of hydrogen-bond acceptors (Lipinski definition) is 2. The third-order valence-electron chi connectivity index (χ3n) is 3.09. The molecule has 1 N–H and O–H groups in total. The number of hydrogen-bond donors (Lipinski definition) is 1. The summed E-state index contributed by atoms with van der Waals surface area (Å²) in [6, 6.07) is 4.38. The van der Waals surface area contributed by atoms with Crippen molar-refractivity contribution >= 4 is 0 Å². The molecule has 1 fully saturated rings. The zero-order valence-corrected chi connectivity index (χ0v) is 9.88. The smallest absolute Gasteiger partial charge is 0.159 e. The van der Waals surface area contributed by atoms with Gasteiger partial charge in [-0.05, 0) is 37.1 Å². The van der Waals surface area contributed by atoms with Crippen LogP contribution in [0.5, 0.6) is 0 Å². The number of halogens is 2. The fraction of sp³-hybridized carbons (Fsp3) is 0.538. The largest absolute Gasteiger partial charge is 0.373 e. The fourth-order valence-corrected chi connectivity index (χ4v) is 2.22. The molecule has 4 heteroatoms. The summed E-state index contributed by atoms with van der Waals surface area (Å²) in [5, 5.41) is 3.36. The quantitative estimate of drug-likeness (QED) is 0.878. The number of ether oxygens (including phenoxy) is 1. The standard InChI is InChI=1S/C13H17F2NO/c1-2-16-10-5-6-17-13(8-10)9-3-4-11(14)12(15)7-9/h3-4,7,10,13,16H,2,5-6,8H2,1H3. The first kappa shape index (κ1) is 12.5. The molecule has 94 valence electrons. The van der Waals surface area contributed by atoms with E-state index in [1.165, 1.54) is 6.07 Å². The van der Waals surface area contributed by atoms with Crippen LogP contribution in [0.1, 0.15) is 31.4 Å². The van der Waals surface area contributed by atoms with Gasteiger partial charge in [0.05, 0.1) is 6.10 Å². The van der Waals surface area contributed by atoms with Crippen molar-refractivity contribution in [3.63, 3.8) is 0 Å². The van der Waals surface area contributed by atoms with E-state index < -0.39 is 11.6 Å². The van der Waals surface area contributed by atoms with Crippen LogP contribution >= 0.6 is 0 Å². The minimum Gasteiger partial charge on any atom is -0.373 e. The Bertz CT molecular complexity index is 382. The lowest BCUT2D eigenvalue weighted by Crippen LogP contribution is -2.35. The van der Waals surface area contributed by atoms with Crippen LogP contribution in [-0.4, -0.2) is 19.2 Å². The Balaban J connectivity index is 2.08. The summed E-state index contributed by atoms with van der Waals surface area (Å²) >= 11 is 0. The number of nitrogens with one attached hydrogen (secondary N) is 1. The topological polar surface area (TPSA) is 21.3 Å². The molecule has 0 spiro atoms. The third kappa shape index (κ3) is 3.01. The van der Waals surface area contributed by atoms with Crippen molar-refractivity contribution in [1.29, 1.82) is 0 Å². The molecular formula is C13H17F2NO. The molecule has 1 saturated heterocycles. The molecule has 1 aromatic carbocycles. The van der Waals surface area contributed by atoms with Crippen LogP contribution in [0.25, 0.3) is 0 Å².